The van der Waals surface area contributed by atoms with Gasteiger partial charge in [-0.3, -0.25) is 0 Å². The second kappa shape index (κ2) is 3.94. The van der Waals surface area contributed by atoms with Crippen LogP contribution >= 0.6 is 0 Å². The van der Waals surface area contributed by atoms with Crippen molar-refractivity contribution in [2.75, 3.05) is 7.11 Å². The molecule has 0 bridgehead atoms. The molecule has 0 saturated carbocycles. The molecule has 0 aliphatic heterocycles. The zero-order valence-corrected chi connectivity index (χ0v) is 6.60. The quantitative estimate of drug-likeness (QED) is 0.642. The van der Waals surface area contributed by atoms with Crippen molar-refractivity contribution >= 4 is 0 Å². The number of ether oxygens (including phenoxy) is 2. The Morgan fingerprint density at radius 1 is 1.17 bits per heavy atom. The fraction of sp³-hybridized carbons (Fsp3) is 0.250. The summed E-state index contributed by atoms with van der Waals surface area (Å²) < 4.78 is 9.52. The van der Waals surface area contributed by atoms with E-state index < -0.39 is 6.48 Å². The third kappa shape index (κ3) is 2.11. The Bertz CT molecular complexity index is 247. The van der Waals surface area contributed by atoms with Crippen molar-refractivity contribution in [3.05, 3.63) is 24.3 Å². The average molecular weight is 170 g/mol. The second-order valence-corrected chi connectivity index (χ2v) is 2.09. The molecule has 2 N–H and O–H groups in total. The van der Waals surface area contributed by atoms with Gasteiger partial charge in [-0.15, -0.1) is 0 Å². The molecule has 0 unspecified atom stereocenters. The first-order valence-electron chi connectivity index (χ1n) is 3.40. The van der Waals surface area contributed by atoms with Gasteiger partial charge in [0.25, 0.3) is 0 Å². The predicted molar refractivity (Wildman–Crippen MR) is 41.8 cm³/mol. The first kappa shape index (κ1) is 8.83. The van der Waals surface area contributed by atoms with Gasteiger partial charge in [-0.25, -0.2) is 0 Å². The smallest absolute Gasteiger partial charge is 0.310 e. The van der Waals surface area contributed by atoms with Gasteiger partial charge in [-0.1, -0.05) is 12.1 Å². The largest absolute Gasteiger partial charge is 0.493 e. The third-order valence-electron chi connectivity index (χ3n) is 1.30. The van der Waals surface area contributed by atoms with Gasteiger partial charge in [0.15, 0.2) is 11.5 Å². The van der Waals surface area contributed by atoms with Crippen molar-refractivity contribution in [2.45, 2.75) is 6.48 Å². The molecule has 0 aliphatic carbocycles. The van der Waals surface area contributed by atoms with Crippen molar-refractivity contribution in [1.29, 1.82) is 0 Å². The Labute approximate surface area is 70.0 Å². The van der Waals surface area contributed by atoms with Crippen LogP contribution in [0.3, 0.4) is 0 Å². The second-order valence-electron chi connectivity index (χ2n) is 2.09. The van der Waals surface area contributed by atoms with Crippen molar-refractivity contribution in [2.24, 2.45) is 0 Å². The van der Waals surface area contributed by atoms with Crippen LogP contribution in [0.1, 0.15) is 0 Å². The van der Waals surface area contributed by atoms with Gasteiger partial charge >= 0.3 is 6.48 Å². The molecule has 0 fully saturated rings. The van der Waals surface area contributed by atoms with Gasteiger partial charge in [0.1, 0.15) is 0 Å². The van der Waals surface area contributed by atoms with Gasteiger partial charge in [0.2, 0.25) is 0 Å². The first-order chi connectivity index (χ1) is 5.74. The molecule has 4 nitrogen and oxygen atoms in total. The van der Waals surface area contributed by atoms with E-state index in [0.717, 1.165) is 0 Å². The van der Waals surface area contributed by atoms with Crippen LogP contribution in [0.2, 0.25) is 0 Å². The SMILES string of the molecule is COc1ccccc1OC(O)O. The molecule has 4 heteroatoms. The van der Waals surface area contributed by atoms with Crippen LogP contribution in [-0.4, -0.2) is 23.8 Å². The van der Waals surface area contributed by atoms with E-state index in [9.17, 15) is 0 Å². The predicted octanol–water partition coefficient (Wildman–Crippen LogP) is 0.342. The fourth-order valence-corrected chi connectivity index (χ4v) is 0.830. The number of hydrogen-bond acceptors (Lipinski definition) is 4. The number of para-hydroxylation sites is 2. The van der Waals surface area contributed by atoms with Crippen LogP contribution in [0.25, 0.3) is 0 Å². The van der Waals surface area contributed by atoms with Crippen molar-refractivity contribution in [3.63, 3.8) is 0 Å². The first-order valence-corrected chi connectivity index (χ1v) is 3.40. The molecular weight excluding hydrogens is 160 g/mol. The van der Waals surface area contributed by atoms with Crippen LogP contribution < -0.4 is 9.47 Å². The Kier molecular flexibility index (Phi) is 2.90. The Hall–Kier alpha value is -1.26. The number of methoxy groups -OCH3 is 1. The summed E-state index contributed by atoms with van der Waals surface area (Å²) in [5, 5.41) is 17.0. The van der Waals surface area contributed by atoms with Crippen LogP contribution in [0.15, 0.2) is 24.3 Å². The van der Waals surface area contributed by atoms with Crippen LogP contribution in [0.5, 0.6) is 11.5 Å². The molecule has 1 aromatic rings. The molecule has 0 heterocycles. The zero-order valence-electron chi connectivity index (χ0n) is 6.60. The molecule has 12 heavy (non-hydrogen) atoms. The number of aliphatic hydroxyl groups excluding tert-OH is 1. The zero-order chi connectivity index (χ0) is 8.97. The molecule has 0 amide bonds. The van der Waals surface area contributed by atoms with E-state index in [1.54, 1.807) is 24.3 Å². The number of hydrogen-bond donors (Lipinski definition) is 2. The summed E-state index contributed by atoms with van der Waals surface area (Å²) in [4.78, 5) is 0. The summed E-state index contributed by atoms with van der Waals surface area (Å²) in [5.74, 6) is 0.764. The lowest BCUT2D eigenvalue weighted by Crippen LogP contribution is -2.13. The van der Waals surface area contributed by atoms with Gasteiger partial charge in [0.05, 0.1) is 7.11 Å². The van der Waals surface area contributed by atoms with Crippen LogP contribution in [0, 0.1) is 0 Å². The van der Waals surface area contributed by atoms with E-state index in [-0.39, 0.29) is 0 Å². The molecule has 0 aliphatic rings. The van der Waals surface area contributed by atoms with E-state index in [2.05, 4.69) is 4.74 Å². The highest BCUT2D eigenvalue weighted by molar-refractivity contribution is 5.39. The molecule has 0 spiro atoms. The molecule has 0 radical (unpaired) electrons. The maximum atomic E-state index is 8.50. The minimum atomic E-state index is -1.82. The standard InChI is InChI=1S/C8H10O4/c1-11-6-4-2-3-5-7(6)12-8(9)10/h2-5,8-10H,1H3. The average Bonchev–Trinajstić information content (AvgIpc) is 2.04. The minimum absolute atomic E-state index is 0.301. The van der Waals surface area contributed by atoms with Gasteiger partial charge in [0, 0.05) is 0 Å². The lowest BCUT2D eigenvalue weighted by Gasteiger charge is -2.10. The summed E-state index contributed by atoms with van der Waals surface area (Å²) in [6.45, 7) is -1.82. The maximum absolute atomic E-state index is 8.50. The molecule has 66 valence electrons. The summed E-state index contributed by atoms with van der Waals surface area (Å²) in [6, 6.07) is 6.71. The normalized spacial score (nSPS) is 10.0. The fourth-order valence-electron chi connectivity index (χ4n) is 0.830. The summed E-state index contributed by atoms with van der Waals surface area (Å²) in [5.41, 5.74) is 0. The molecule has 1 aromatic carbocycles. The Morgan fingerprint density at radius 2 is 1.75 bits per heavy atom. The van der Waals surface area contributed by atoms with Gasteiger partial charge < -0.3 is 19.7 Å². The van der Waals surface area contributed by atoms with Crippen molar-refractivity contribution in [1.82, 2.24) is 0 Å². The Balaban J connectivity index is 2.82. The summed E-state index contributed by atoms with van der Waals surface area (Å²) in [6.07, 6.45) is 0. The molecule has 0 atom stereocenters. The summed E-state index contributed by atoms with van der Waals surface area (Å²) in [7, 11) is 1.48. The molecule has 0 aromatic heterocycles. The van der Waals surface area contributed by atoms with Crippen molar-refractivity contribution in [3.8, 4) is 11.5 Å². The van der Waals surface area contributed by atoms with E-state index in [0.29, 0.717) is 11.5 Å². The maximum Gasteiger partial charge on any atom is 0.310 e. The number of aliphatic hydroxyl groups is 2. The highest BCUT2D eigenvalue weighted by Gasteiger charge is 2.05. The van der Waals surface area contributed by atoms with E-state index in [1.165, 1.54) is 7.11 Å². The van der Waals surface area contributed by atoms with E-state index >= 15 is 0 Å². The van der Waals surface area contributed by atoms with E-state index in [4.69, 9.17) is 14.9 Å². The van der Waals surface area contributed by atoms with Crippen LogP contribution in [-0.2, 0) is 0 Å². The molecule has 0 saturated heterocycles. The monoisotopic (exact) mass is 170 g/mol. The third-order valence-corrected chi connectivity index (χ3v) is 1.30. The lowest BCUT2D eigenvalue weighted by molar-refractivity contribution is -0.180. The van der Waals surface area contributed by atoms with Gasteiger partial charge in [-0.2, -0.15) is 0 Å². The highest BCUT2D eigenvalue weighted by Crippen LogP contribution is 2.25. The number of rotatable bonds is 3. The topological polar surface area (TPSA) is 58.9 Å². The molecular formula is C8H10O4. The van der Waals surface area contributed by atoms with E-state index in [1.807, 2.05) is 0 Å². The number of benzene rings is 1. The summed E-state index contributed by atoms with van der Waals surface area (Å²) >= 11 is 0. The lowest BCUT2D eigenvalue weighted by atomic mass is 10.3. The van der Waals surface area contributed by atoms with Gasteiger partial charge in [-0.05, 0) is 12.1 Å². The molecule has 1 rings (SSSR count). The Morgan fingerprint density at radius 3 is 2.25 bits per heavy atom. The van der Waals surface area contributed by atoms with Crippen LogP contribution in [0.4, 0.5) is 0 Å². The highest BCUT2D eigenvalue weighted by atomic mass is 16.7. The minimum Gasteiger partial charge on any atom is -0.493 e. The van der Waals surface area contributed by atoms with Crippen molar-refractivity contribution < 1.29 is 19.7 Å².